The zero-order valence-electron chi connectivity index (χ0n) is 14.2. The number of nitrogens with one attached hydrogen (secondary N) is 2. The quantitative estimate of drug-likeness (QED) is 0.693. The minimum Gasteiger partial charge on any atom is -0.497 e. The van der Waals surface area contributed by atoms with Crippen LogP contribution in [0.2, 0.25) is 0 Å². The summed E-state index contributed by atoms with van der Waals surface area (Å²) in [6.07, 6.45) is 0.573. The maximum absolute atomic E-state index is 12.0. The van der Waals surface area contributed by atoms with Crippen molar-refractivity contribution in [3.8, 4) is 11.5 Å². The van der Waals surface area contributed by atoms with Gasteiger partial charge in [0.2, 0.25) is 11.8 Å². The molecule has 1 aromatic rings. The molecule has 1 aromatic carbocycles. The van der Waals surface area contributed by atoms with Gasteiger partial charge in [-0.15, -0.1) is 0 Å². The molecule has 0 aliphatic carbocycles. The van der Waals surface area contributed by atoms with Crippen LogP contribution in [0.1, 0.15) is 18.4 Å². The van der Waals surface area contributed by atoms with Gasteiger partial charge in [-0.3, -0.25) is 20.4 Å². The molecule has 138 valence electrons. The Kier molecular flexibility index (Phi) is 6.24. The van der Waals surface area contributed by atoms with Crippen LogP contribution in [0.25, 0.3) is 0 Å². The highest BCUT2D eigenvalue weighted by molar-refractivity contribution is 7.91. The molecule has 1 saturated heterocycles. The van der Waals surface area contributed by atoms with Gasteiger partial charge in [-0.1, -0.05) is 6.07 Å². The fourth-order valence-electron chi connectivity index (χ4n) is 2.70. The van der Waals surface area contributed by atoms with Gasteiger partial charge in [0.05, 0.1) is 32.1 Å². The number of amides is 2. The third kappa shape index (κ3) is 5.63. The summed E-state index contributed by atoms with van der Waals surface area (Å²) in [6, 6.07) is 5.09. The zero-order chi connectivity index (χ0) is 18.4. The SMILES string of the molecule is COc1ccc(CC(=O)NNC(=O)CC2CCS(=O)(=O)C2)c(OC)c1. The topological polar surface area (TPSA) is 111 Å². The van der Waals surface area contributed by atoms with Crippen molar-refractivity contribution in [2.24, 2.45) is 5.92 Å². The lowest BCUT2D eigenvalue weighted by Crippen LogP contribution is -2.43. The fraction of sp³-hybridized carbons (Fsp3) is 0.500. The van der Waals surface area contributed by atoms with Crippen LogP contribution in [0.3, 0.4) is 0 Å². The Balaban J connectivity index is 1.81. The van der Waals surface area contributed by atoms with E-state index < -0.39 is 21.7 Å². The van der Waals surface area contributed by atoms with Crippen LogP contribution in [-0.2, 0) is 25.8 Å². The van der Waals surface area contributed by atoms with E-state index in [1.807, 2.05) is 0 Å². The van der Waals surface area contributed by atoms with E-state index in [1.54, 1.807) is 18.2 Å². The summed E-state index contributed by atoms with van der Waals surface area (Å²) in [4.78, 5) is 23.8. The van der Waals surface area contributed by atoms with E-state index >= 15 is 0 Å². The van der Waals surface area contributed by atoms with Crippen molar-refractivity contribution in [2.75, 3.05) is 25.7 Å². The lowest BCUT2D eigenvalue weighted by atomic mass is 10.1. The molecular weight excluding hydrogens is 348 g/mol. The number of sulfone groups is 1. The van der Waals surface area contributed by atoms with Gasteiger partial charge in [0.1, 0.15) is 11.5 Å². The summed E-state index contributed by atoms with van der Waals surface area (Å²) in [5, 5.41) is 0. The molecule has 1 fully saturated rings. The maximum atomic E-state index is 12.0. The first-order chi connectivity index (χ1) is 11.8. The van der Waals surface area contributed by atoms with Gasteiger partial charge in [-0.05, 0) is 18.4 Å². The zero-order valence-corrected chi connectivity index (χ0v) is 15.0. The number of hydrogen-bond acceptors (Lipinski definition) is 6. The van der Waals surface area contributed by atoms with E-state index in [4.69, 9.17) is 9.47 Å². The normalized spacial score (nSPS) is 18.4. The highest BCUT2D eigenvalue weighted by Crippen LogP contribution is 2.25. The predicted molar refractivity (Wildman–Crippen MR) is 90.9 cm³/mol. The number of carbonyl (C=O) groups is 2. The number of carbonyl (C=O) groups excluding carboxylic acids is 2. The van der Waals surface area contributed by atoms with E-state index in [0.717, 1.165) is 0 Å². The van der Waals surface area contributed by atoms with Crippen molar-refractivity contribution in [3.63, 3.8) is 0 Å². The number of methoxy groups -OCH3 is 2. The van der Waals surface area contributed by atoms with E-state index in [-0.39, 0.29) is 30.3 Å². The van der Waals surface area contributed by atoms with Crippen LogP contribution in [0.15, 0.2) is 18.2 Å². The molecule has 1 aliphatic heterocycles. The molecule has 2 amide bonds. The summed E-state index contributed by atoms with van der Waals surface area (Å²) in [5.41, 5.74) is 5.30. The van der Waals surface area contributed by atoms with Gasteiger partial charge in [0, 0.05) is 18.1 Å². The van der Waals surface area contributed by atoms with Crippen molar-refractivity contribution >= 4 is 21.7 Å². The molecule has 9 heteroatoms. The number of ether oxygens (including phenoxy) is 2. The highest BCUT2D eigenvalue weighted by Gasteiger charge is 2.29. The minimum absolute atomic E-state index is 0.0191. The van der Waals surface area contributed by atoms with Gasteiger partial charge >= 0.3 is 0 Å². The largest absolute Gasteiger partial charge is 0.497 e. The first kappa shape index (κ1) is 19.0. The lowest BCUT2D eigenvalue weighted by molar-refractivity contribution is -0.129. The first-order valence-electron chi connectivity index (χ1n) is 7.82. The minimum atomic E-state index is -3.02. The Labute approximate surface area is 146 Å². The second-order valence-electron chi connectivity index (χ2n) is 5.92. The van der Waals surface area contributed by atoms with Crippen molar-refractivity contribution in [1.29, 1.82) is 0 Å². The number of hydrazine groups is 1. The number of hydrogen-bond donors (Lipinski definition) is 2. The number of benzene rings is 1. The van der Waals surface area contributed by atoms with Gasteiger partial charge < -0.3 is 9.47 Å². The average molecular weight is 370 g/mol. The molecule has 8 nitrogen and oxygen atoms in total. The molecule has 0 aromatic heterocycles. The summed E-state index contributed by atoms with van der Waals surface area (Å²) in [5.74, 6) is 0.265. The highest BCUT2D eigenvalue weighted by atomic mass is 32.2. The summed E-state index contributed by atoms with van der Waals surface area (Å²) in [7, 11) is 0.00964. The molecule has 1 atom stereocenters. The Morgan fingerprint density at radius 2 is 1.88 bits per heavy atom. The van der Waals surface area contributed by atoms with Gasteiger partial charge in [-0.25, -0.2) is 8.42 Å². The molecule has 1 unspecified atom stereocenters. The molecule has 0 saturated carbocycles. The average Bonchev–Trinajstić information content (AvgIpc) is 2.91. The van der Waals surface area contributed by atoms with Crippen LogP contribution in [-0.4, -0.2) is 46.0 Å². The van der Waals surface area contributed by atoms with Crippen molar-refractivity contribution in [1.82, 2.24) is 10.9 Å². The van der Waals surface area contributed by atoms with E-state index in [0.29, 0.717) is 23.5 Å². The standard InChI is InChI=1S/C16H22N2O6S/c1-23-13-4-3-12(14(9-13)24-2)8-16(20)18-17-15(19)7-11-5-6-25(21,22)10-11/h3-4,9,11H,5-8,10H2,1-2H3,(H,17,19)(H,18,20). The Hall–Kier alpha value is -2.29. The molecular formula is C16H22N2O6S. The molecule has 1 heterocycles. The first-order valence-corrected chi connectivity index (χ1v) is 9.64. The van der Waals surface area contributed by atoms with E-state index in [1.165, 1.54) is 14.2 Å². The molecule has 0 bridgehead atoms. The van der Waals surface area contributed by atoms with Crippen molar-refractivity contribution in [3.05, 3.63) is 23.8 Å². The Bertz CT molecular complexity index is 747. The van der Waals surface area contributed by atoms with Gasteiger partial charge in [-0.2, -0.15) is 0 Å². The third-order valence-corrected chi connectivity index (χ3v) is 5.82. The van der Waals surface area contributed by atoms with Crippen LogP contribution < -0.4 is 20.3 Å². The monoisotopic (exact) mass is 370 g/mol. The van der Waals surface area contributed by atoms with Crippen LogP contribution in [0.5, 0.6) is 11.5 Å². The molecule has 2 N–H and O–H groups in total. The fourth-order valence-corrected chi connectivity index (χ4v) is 4.56. The van der Waals surface area contributed by atoms with Crippen LogP contribution in [0.4, 0.5) is 0 Å². The summed E-state index contributed by atoms with van der Waals surface area (Å²) in [6.45, 7) is 0. The summed E-state index contributed by atoms with van der Waals surface area (Å²) >= 11 is 0. The van der Waals surface area contributed by atoms with Crippen LogP contribution >= 0.6 is 0 Å². The Morgan fingerprint density at radius 1 is 1.16 bits per heavy atom. The van der Waals surface area contributed by atoms with Gasteiger partial charge in [0.25, 0.3) is 0 Å². The molecule has 2 rings (SSSR count). The third-order valence-electron chi connectivity index (χ3n) is 3.99. The molecule has 1 aliphatic rings. The van der Waals surface area contributed by atoms with Crippen LogP contribution in [0, 0.1) is 5.92 Å². The van der Waals surface area contributed by atoms with Gasteiger partial charge in [0.15, 0.2) is 9.84 Å². The van der Waals surface area contributed by atoms with Crippen molar-refractivity contribution in [2.45, 2.75) is 19.3 Å². The Morgan fingerprint density at radius 3 is 2.48 bits per heavy atom. The molecule has 0 spiro atoms. The van der Waals surface area contributed by atoms with E-state index in [2.05, 4.69) is 10.9 Å². The molecule has 0 radical (unpaired) electrons. The summed E-state index contributed by atoms with van der Waals surface area (Å²) < 4.78 is 33.1. The molecule has 25 heavy (non-hydrogen) atoms. The second-order valence-corrected chi connectivity index (χ2v) is 8.15. The number of rotatable bonds is 6. The second kappa shape index (κ2) is 8.19. The van der Waals surface area contributed by atoms with Crippen molar-refractivity contribution < 1.29 is 27.5 Å². The smallest absolute Gasteiger partial charge is 0.242 e. The maximum Gasteiger partial charge on any atom is 0.242 e. The van der Waals surface area contributed by atoms with E-state index in [9.17, 15) is 18.0 Å². The predicted octanol–water partition coefficient (Wildman–Crippen LogP) is 0.219. The lowest BCUT2D eigenvalue weighted by Gasteiger charge is -2.12.